The van der Waals surface area contributed by atoms with Crippen LogP contribution in [0.15, 0.2) is 30.2 Å². The van der Waals surface area contributed by atoms with Crippen molar-refractivity contribution < 1.29 is 9.53 Å². The van der Waals surface area contributed by atoms with Crippen molar-refractivity contribution in [3.05, 3.63) is 29.9 Å². The Bertz CT molecular complexity index is 583. The van der Waals surface area contributed by atoms with E-state index in [1.54, 1.807) is 12.4 Å². The summed E-state index contributed by atoms with van der Waals surface area (Å²) < 4.78 is 8.75. The first kappa shape index (κ1) is 13.6. The number of hydrogen-bond acceptors (Lipinski definition) is 8. The van der Waals surface area contributed by atoms with Gasteiger partial charge < -0.3 is 4.74 Å². The molecule has 0 radical (unpaired) electrons. The Kier molecular flexibility index (Phi) is 4.58. The molecule has 19 heavy (non-hydrogen) atoms. The number of aromatic nitrogens is 4. The van der Waals surface area contributed by atoms with Gasteiger partial charge in [-0.05, 0) is 17.8 Å². The number of hydrogen-bond donors (Lipinski definition) is 0. The molecule has 2 aromatic rings. The third kappa shape index (κ3) is 3.15. The predicted octanol–water partition coefficient (Wildman–Crippen LogP) is 2.06. The van der Waals surface area contributed by atoms with Crippen molar-refractivity contribution in [2.24, 2.45) is 0 Å². The molecule has 98 valence electrons. The summed E-state index contributed by atoms with van der Waals surface area (Å²) in [6, 6.07) is 0. The molecule has 0 atom stereocenters. The molecule has 6 nitrogen and oxygen atoms in total. The van der Waals surface area contributed by atoms with E-state index in [9.17, 15) is 4.79 Å². The van der Waals surface area contributed by atoms with Gasteiger partial charge in [-0.3, -0.25) is 0 Å². The average Bonchev–Trinajstić information content (AvgIpc) is 2.94. The Morgan fingerprint density at radius 2 is 2.26 bits per heavy atom. The highest BCUT2D eigenvalue weighted by Gasteiger charge is 2.19. The maximum Gasteiger partial charge on any atom is 0.352 e. The van der Waals surface area contributed by atoms with E-state index in [0.29, 0.717) is 21.3 Å². The van der Waals surface area contributed by atoms with Gasteiger partial charge in [-0.25, -0.2) is 14.8 Å². The monoisotopic (exact) mass is 294 g/mol. The number of thioether (sulfide) groups is 1. The number of esters is 1. The molecule has 0 aliphatic rings. The Hall–Kier alpha value is -1.80. The second kappa shape index (κ2) is 6.39. The highest BCUT2D eigenvalue weighted by molar-refractivity contribution is 7.98. The molecule has 0 bridgehead atoms. The summed E-state index contributed by atoms with van der Waals surface area (Å²) in [5, 5.41) is 4.58. The van der Waals surface area contributed by atoms with Gasteiger partial charge >= 0.3 is 5.97 Å². The molecule has 0 N–H and O–H groups in total. The summed E-state index contributed by atoms with van der Waals surface area (Å²) in [7, 11) is 0. The molecule has 2 aromatic heterocycles. The fourth-order valence-corrected chi connectivity index (χ4v) is 2.16. The van der Waals surface area contributed by atoms with Crippen molar-refractivity contribution in [2.45, 2.75) is 5.16 Å². The quantitative estimate of drug-likeness (QED) is 0.361. The highest BCUT2D eigenvalue weighted by atomic mass is 32.2. The fourth-order valence-electron chi connectivity index (χ4n) is 1.26. The first-order chi connectivity index (χ1) is 9.26. The highest BCUT2D eigenvalue weighted by Crippen LogP contribution is 2.24. The van der Waals surface area contributed by atoms with Crippen LogP contribution in [0.1, 0.15) is 9.67 Å². The van der Waals surface area contributed by atoms with Crippen LogP contribution < -0.4 is 0 Å². The molecule has 0 aliphatic heterocycles. The van der Waals surface area contributed by atoms with Crippen molar-refractivity contribution in [1.82, 2.24) is 19.6 Å². The predicted molar refractivity (Wildman–Crippen MR) is 73.2 cm³/mol. The van der Waals surface area contributed by atoms with E-state index in [2.05, 4.69) is 26.1 Å². The maximum atomic E-state index is 11.8. The minimum absolute atomic E-state index is 0.151. The average molecular weight is 294 g/mol. The molecule has 0 unspecified atom stereocenters. The minimum atomic E-state index is -0.473. The van der Waals surface area contributed by atoms with Crippen molar-refractivity contribution in [3.8, 4) is 11.3 Å². The van der Waals surface area contributed by atoms with E-state index >= 15 is 0 Å². The molecule has 0 amide bonds. The van der Waals surface area contributed by atoms with Crippen LogP contribution in [0, 0.1) is 0 Å². The molecule has 0 saturated carbocycles. The van der Waals surface area contributed by atoms with Gasteiger partial charge in [0.25, 0.3) is 0 Å². The minimum Gasteiger partial charge on any atom is -0.457 e. The van der Waals surface area contributed by atoms with Crippen LogP contribution in [0.5, 0.6) is 0 Å². The van der Waals surface area contributed by atoms with Gasteiger partial charge in [0.15, 0.2) is 10.0 Å². The van der Waals surface area contributed by atoms with Crippen LogP contribution in [0.3, 0.4) is 0 Å². The van der Waals surface area contributed by atoms with Gasteiger partial charge in [-0.2, -0.15) is 0 Å². The fraction of sp³-hybridized carbons (Fsp3) is 0.182. The first-order valence-corrected chi connectivity index (χ1v) is 7.23. The Morgan fingerprint density at radius 1 is 1.53 bits per heavy atom. The lowest BCUT2D eigenvalue weighted by Crippen LogP contribution is -2.04. The van der Waals surface area contributed by atoms with Crippen molar-refractivity contribution in [2.75, 3.05) is 12.9 Å². The van der Waals surface area contributed by atoms with E-state index in [0.717, 1.165) is 11.5 Å². The zero-order valence-corrected chi connectivity index (χ0v) is 11.7. The van der Waals surface area contributed by atoms with Gasteiger partial charge in [-0.15, -0.1) is 5.10 Å². The van der Waals surface area contributed by atoms with Crippen LogP contribution in [0.25, 0.3) is 11.3 Å². The summed E-state index contributed by atoms with van der Waals surface area (Å²) in [6.45, 7) is 3.64. The van der Waals surface area contributed by atoms with E-state index in [4.69, 9.17) is 4.74 Å². The number of ether oxygens (including phenoxy) is 1. The van der Waals surface area contributed by atoms with Crippen LogP contribution in [-0.2, 0) is 4.74 Å². The second-order valence-corrected chi connectivity index (χ2v) is 4.82. The number of nitrogens with zero attached hydrogens (tertiary/aromatic N) is 4. The molecule has 0 fully saturated rings. The number of rotatable bonds is 5. The van der Waals surface area contributed by atoms with Crippen LogP contribution in [0.2, 0.25) is 0 Å². The Labute approximate surface area is 118 Å². The van der Waals surface area contributed by atoms with Gasteiger partial charge in [-0.1, -0.05) is 28.9 Å². The van der Waals surface area contributed by atoms with Crippen molar-refractivity contribution in [1.29, 1.82) is 0 Å². The topological polar surface area (TPSA) is 77.9 Å². The third-order valence-electron chi connectivity index (χ3n) is 2.09. The molecule has 2 heterocycles. The summed E-state index contributed by atoms with van der Waals surface area (Å²) >= 11 is 2.42. The maximum absolute atomic E-state index is 11.8. The third-order valence-corrected chi connectivity index (χ3v) is 3.37. The van der Waals surface area contributed by atoms with E-state index < -0.39 is 5.97 Å². The summed E-state index contributed by atoms with van der Waals surface area (Å²) in [5.41, 5.74) is 1.07. The van der Waals surface area contributed by atoms with Gasteiger partial charge in [0.2, 0.25) is 0 Å². The van der Waals surface area contributed by atoms with Gasteiger partial charge in [0, 0.05) is 18.0 Å². The summed E-state index contributed by atoms with van der Waals surface area (Å²) in [6.07, 6.45) is 6.61. The van der Waals surface area contributed by atoms with E-state index in [1.807, 2.05) is 6.26 Å². The number of carbonyl (C=O) groups is 1. The zero-order chi connectivity index (χ0) is 13.7. The summed E-state index contributed by atoms with van der Waals surface area (Å²) in [5.74, 6) is -0.473. The normalized spacial score (nSPS) is 10.2. The SMILES string of the molecule is C=CCOC(=O)c1snnc1-c1cnc(SC)nc1. The van der Waals surface area contributed by atoms with Gasteiger partial charge in [0.05, 0.1) is 0 Å². The molecule has 0 aliphatic carbocycles. The number of carbonyl (C=O) groups excluding carboxylic acids is 1. The smallest absolute Gasteiger partial charge is 0.352 e. The molecular weight excluding hydrogens is 284 g/mol. The van der Waals surface area contributed by atoms with Crippen LogP contribution in [-0.4, -0.2) is 38.4 Å². The lowest BCUT2D eigenvalue weighted by atomic mass is 10.2. The van der Waals surface area contributed by atoms with Gasteiger partial charge in [0.1, 0.15) is 12.3 Å². The van der Waals surface area contributed by atoms with E-state index in [1.165, 1.54) is 17.8 Å². The van der Waals surface area contributed by atoms with Crippen molar-refractivity contribution >= 4 is 29.3 Å². The van der Waals surface area contributed by atoms with Crippen LogP contribution in [0.4, 0.5) is 0 Å². The largest absolute Gasteiger partial charge is 0.457 e. The molecule has 0 saturated heterocycles. The van der Waals surface area contributed by atoms with Crippen molar-refractivity contribution in [3.63, 3.8) is 0 Å². The van der Waals surface area contributed by atoms with E-state index in [-0.39, 0.29) is 6.61 Å². The first-order valence-electron chi connectivity index (χ1n) is 5.23. The lowest BCUT2D eigenvalue weighted by Gasteiger charge is -2.01. The zero-order valence-electron chi connectivity index (χ0n) is 10.1. The Morgan fingerprint density at radius 3 is 2.89 bits per heavy atom. The molecular formula is C11H10N4O2S2. The molecule has 8 heteroatoms. The molecule has 2 rings (SSSR count). The van der Waals surface area contributed by atoms with Crippen LogP contribution >= 0.6 is 23.3 Å². The summed E-state index contributed by atoms with van der Waals surface area (Å²) in [4.78, 5) is 20.4. The Balaban J connectivity index is 2.27. The standard InChI is InChI=1S/C11H10N4O2S2/c1-3-4-17-10(16)9-8(14-15-19-9)7-5-12-11(18-2)13-6-7/h3,5-6H,1,4H2,2H3. The second-order valence-electron chi connectivity index (χ2n) is 3.30. The molecule has 0 spiro atoms. The molecule has 0 aromatic carbocycles. The lowest BCUT2D eigenvalue weighted by molar-refractivity contribution is 0.0556.